The molecular weight excluding hydrogens is 241 g/mol. The van der Waals surface area contributed by atoms with E-state index in [1.165, 1.54) is 12.1 Å². The Kier molecular flexibility index (Phi) is 2.91. The van der Waals surface area contributed by atoms with E-state index < -0.39 is 0 Å². The lowest BCUT2D eigenvalue weighted by Gasteiger charge is -2.08. The minimum atomic E-state index is -0.215. The van der Waals surface area contributed by atoms with Crippen molar-refractivity contribution in [1.29, 1.82) is 0 Å². The van der Waals surface area contributed by atoms with Crippen LogP contribution in [0.4, 0.5) is 10.3 Å². The van der Waals surface area contributed by atoms with Gasteiger partial charge in [-0.15, -0.1) is 0 Å². The second kappa shape index (κ2) is 4.72. The van der Waals surface area contributed by atoms with Gasteiger partial charge in [-0.25, -0.2) is 9.37 Å². The predicted octanol–water partition coefficient (Wildman–Crippen LogP) is 3.27. The number of hydrogen-bond donors (Lipinski definition) is 1. The van der Waals surface area contributed by atoms with Crippen molar-refractivity contribution in [3.63, 3.8) is 0 Å². The van der Waals surface area contributed by atoms with E-state index in [1.54, 1.807) is 12.1 Å². The van der Waals surface area contributed by atoms with Crippen molar-refractivity contribution in [2.45, 2.75) is 6.54 Å². The SMILES string of the molecule is CNc1nc2ccccc2n1Cc1ccc(F)cc1. The van der Waals surface area contributed by atoms with Gasteiger partial charge in [-0.05, 0) is 29.8 Å². The quantitative estimate of drug-likeness (QED) is 0.778. The lowest BCUT2D eigenvalue weighted by molar-refractivity contribution is 0.626. The molecule has 0 spiro atoms. The van der Waals surface area contributed by atoms with Crippen LogP contribution in [0, 0.1) is 5.82 Å². The third-order valence-corrected chi connectivity index (χ3v) is 3.13. The normalized spacial score (nSPS) is 10.8. The van der Waals surface area contributed by atoms with Gasteiger partial charge < -0.3 is 9.88 Å². The number of halogens is 1. The van der Waals surface area contributed by atoms with Gasteiger partial charge in [-0.1, -0.05) is 24.3 Å². The fraction of sp³-hybridized carbons (Fsp3) is 0.133. The summed E-state index contributed by atoms with van der Waals surface area (Å²) in [5.41, 5.74) is 3.06. The van der Waals surface area contributed by atoms with Crippen LogP contribution in [0.3, 0.4) is 0 Å². The maximum Gasteiger partial charge on any atom is 0.203 e. The zero-order valence-electron chi connectivity index (χ0n) is 10.6. The molecule has 0 radical (unpaired) electrons. The minimum Gasteiger partial charge on any atom is -0.359 e. The van der Waals surface area contributed by atoms with Gasteiger partial charge >= 0.3 is 0 Å². The van der Waals surface area contributed by atoms with Gasteiger partial charge in [-0.3, -0.25) is 0 Å². The van der Waals surface area contributed by atoms with Crippen molar-refractivity contribution < 1.29 is 4.39 Å². The highest BCUT2D eigenvalue weighted by molar-refractivity contribution is 5.78. The van der Waals surface area contributed by atoms with E-state index in [2.05, 4.69) is 14.9 Å². The molecule has 96 valence electrons. The molecule has 0 bridgehead atoms. The van der Waals surface area contributed by atoms with E-state index in [0.717, 1.165) is 22.5 Å². The third kappa shape index (κ3) is 2.17. The summed E-state index contributed by atoms with van der Waals surface area (Å²) in [6, 6.07) is 14.5. The number of nitrogens with one attached hydrogen (secondary N) is 1. The van der Waals surface area contributed by atoms with Gasteiger partial charge in [0.25, 0.3) is 0 Å². The standard InChI is InChI=1S/C15H14FN3/c1-17-15-18-13-4-2-3-5-14(13)19(15)10-11-6-8-12(16)9-7-11/h2-9H,10H2,1H3,(H,17,18). The topological polar surface area (TPSA) is 29.9 Å². The molecule has 2 aromatic carbocycles. The molecule has 0 saturated heterocycles. The number of aromatic nitrogens is 2. The Morgan fingerprint density at radius 2 is 1.84 bits per heavy atom. The van der Waals surface area contributed by atoms with Gasteiger partial charge in [-0.2, -0.15) is 0 Å². The van der Waals surface area contributed by atoms with Crippen LogP contribution in [0.25, 0.3) is 11.0 Å². The molecule has 1 aromatic heterocycles. The first kappa shape index (κ1) is 11.7. The summed E-state index contributed by atoms with van der Waals surface area (Å²) in [6.45, 7) is 0.664. The number of rotatable bonds is 3. The number of para-hydroxylation sites is 2. The first-order valence-electron chi connectivity index (χ1n) is 6.15. The van der Waals surface area contributed by atoms with E-state index in [-0.39, 0.29) is 5.82 Å². The fourth-order valence-corrected chi connectivity index (χ4v) is 2.20. The first-order chi connectivity index (χ1) is 9.28. The molecule has 0 fully saturated rings. The lowest BCUT2D eigenvalue weighted by Crippen LogP contribution is -2.04. The van der Waals surface area contributed by atoms with Crippen molar-refractivity contribution in [3.8, 4) is 0 Å². The molecule has 1 N–H and O–H groups in total. The molecule has 3 aromatic rings. The van der Waals surface area contributed by atoms with E-state index >= 15 is 0 Å². The Balaban J connectivity index is 2.06. The van der Waals surface area contributed by atoms with Crippen LogP contribution in [0.1, 0.15) is 5.56 Å². The number of hydrogen-bond acceptors (Lipinski definition) is 2. The molecule has 0 aliphatic rings. The largest absolute Gasteiger partial charge is 0.359 e. The number of nitrogens with zero attached hydrogens (tertiary/aromatic N) is 2. The Morgan fingerprint density at radius 3 is 2.58 bits per heavy atom. The van der Waals surface area contributed by atoms with E-state index in [0.29, 0.717) is 6.54 Å². The molecule has 0 unspecified atom stereocenters. The van der Waals surface area contributed by atoms with Gasteiger partial charge in [0.1, 0.15) is 5.82 Å². The molecule has 0 aliphatic carbocycles. The van der Waals surface area contributed by atoms with Crippen molar-refractivity contribution in [1.82, 2.24) is 9.55 Å². The van der Waals surface area contributed by atoms with Gasteiger partial charge in [0, 0.05) is 7.05 Å². The molecular formula is C15H14FN3. The van der Waals surface area contributed by atoms with Gasteiger partial charge in [0.15, 0.2) is 0 Å². The molecule has 19 heavy (non-hydrogen) atoms. The second-order valence-corrected chi connectivity index (χ2v) is 4.39. The maximum absolute atomic E-state index is 12.9. The van der Waals surface area contributed by atoms with Crippen LogP contribution in [-0.4, -0.2) is 16.6 Å². The van der Waals surface area contributed by atoms with Crippen LogP contribution in [0.2, 0.25) is 0 Å². The Morgan fingerprint density at radius 1 is 1.11 bits per heavy atom. The summed E-state index contributed by atoms with van der Waals surface area (Å²) in [4.78, 5) is 4.52. The molecule has 4 heteroatoms. The van der Waals surface area contributed by atoms with Crippen molar-refractivity contribution >= 4 is 17.0 Å². The number of anilines is 1. The Labute approximate surface area is 110 Å². The minimum absolute atomic E-state index is 0.215. The zero-order chi connectivity index (χ0) is 13.2. The molecule has 3 nitrogen and oxygen atoms in total. The Bertz CT molecular complexity index is 701. The molecule has 0 saturated carbocycles. The van der Waals surface area contributed by atoms with Gasteiger partial charge in [0.05, 0.1) is 17.6 Å². The van der Waals surface area contributed by atoms with Crippen LogP contribution in [0.15, 0.2) is 48.5 Å². The van der Waals surface area contributed by atoms with Crippen LogP contribution in [0.5, 0.6) is 0 Å². The molecule has 0 amide bonds. The average molecular weight is 255 g/mol. The smallest absolute Gasteiger partial charge is 0.203 e. The van der Waals surface area contributed by atoms with Gasteiger partial charge in [0.2, 0.25) is 5.95 Å². The first-order valence-corrected chi connectivity index (χ1v) is 6.15. The summed E-state index contributed by atoms with van der Waals surface area (Å²) >= 11 is 0. The maximum atomic E-state index is 12.9. The zero-order valence-corrected chi connectivity index (χ0v) is 10.6. The summed E-state index contributed by atoms with van der Waals surface area (Å²) in [7, 11) is 1.85. The average Bonchev–Trinajstić information content (AvgIpc) is 2.79. The molecule has 0 aliphatic heterocycles. The number of fused-ring (bicyclic) bond motifs is 1. The highest BCUT2D eigenvalue weighted by Crippen LogP contribution is 2.20. The van der Waals surface area contributed by atoms with Crippen LogP contribution >= 0.6 is 0 Å². The van der Waals surface area contributed by atoms with E-state index in [1.807, 2.05) is 31.3 Å². The molecule has 0 atom stereocenters. The van der Waals surface area contributed by atoms with E-state index in [9.17, 15) is 4.39 Å². The second-order valence-electron chi connectivity index (χ2n) is 4.39. The molecule has 3 rings (SSSR count). The predicted molar refractivity (Wildman–Crippen MR) is 74.8 cm³/mol. The monoisotopic (exact) mass is 255 g/mol. The Hall–Kier alpha value is -2.36. The fourth-order valence-electron chi connectivity index (χ4n) is 2.20. The highest BCUT2D eigenvalue weighted by Gasteiger charge is 2.09. The third-order valence-electron chi connectivity index (χ3n) is 3.13. The highest BCUT2D eigenvalue weighted by atomic mass is 19.1. The van der Waals surface area contributed by atoms with Crippen molar-refractivity contribution in [2.75, 3.05) is 12.4 Å². The summed E-state index contributed by atoms with van der Waals surface area (Å²) in [6.07, 6.45) is 0. The van der Waals surface area contributed by atoms with E-state index in [4.69, 9.17) is 0 Å². The summed E-state index contributed by atoms with van der Waals surface area (Å²) in [5.74, 6) is 0.596. The summed E-state index contributed by atoms with van der Waals surface area (Å²) in [5, 5.41) is 3.09. The van der Waals surface area contributed by atoms with Crippen LogP contribution in [-0.2, 0) is 6.54 Å². The molecule has 1 heterocycles. The number of imidazole rings is 1. The number of benzene rings is 2. The lowest BCUT2D eigenvalue weighted by atomic mass is 10.2. The van der Waals surface area contributed by atoms with Crippen molar-refractivity contribution in [2.24, 2.45) is 0 Å². The van der Waals surface area contributed by atoms with Crippen molar-refractivity contribution in [3.05, 3.63) is 59.9 Å². The van der Waals surface area contributed by atoms with Crippen LogP contribution < -0.4 is 5.32 Å². The summed E-state index contributed by atoms with van der Waals surface area (Å²) < 4.78 is 15.0.